The molecule has 0 spiro atoms. The highest BCUT2D eigenvalue weighted by molar-refractivity contribution is 5.66. The number of hydrogen-bond acceptors (Lipinski definition) is 3. The number of carbonyl (C=O) groups is 1. The molecule has 26 heavy (non-hydrogen) atoms. The summed E-state index contributed by atoms with van der Waals surface area (Å²) < 4.78 is 5.58. The van der Waals surface area contributed by atoms with Crippen LogP contribution in [-0.4, -0.2) is 23.3 Å². The van der Waals surface area contributed by atoms with Crippen LogP contribution in [0.2, 0.25) is 0 Å². The first kappa shape index (κ1) is 18.8. The molecule has 0 saturated heterocycles. The van der Waals surface area contributed by atoms with Gasteiger partial charge in [0.15, 0.2) is 0 Å². The minimum atomic E-state index is -0.160. The van der Waals surface area contributed by atoms with Crippen molar-refractivity contribution in [2.24, 2.45) is 40.4 Å². The van der Waals surface area contributed by atoms with Crippen molar-refractivity contribution in [2.45, 2.75) is 97.7 Å². The molecule has 1 N–H and O–H groups in total. The van der Waals surface area contributed by atoms with Gasteiger partial charge in [0.05, 0.1) is 6.10 Å². The summed E-state index contributed by atoms with van der Waals surface area (Å²) in [7, 11) is 0. The van der Waals surface area contributed by atoms with E-state index in [4.69, 9.17) is 4.74 Å². The highest BCUT2D eigenvalue weighted by Gasteiger charge is 2.60. The Morgan fingerprint density at radius 2 is 1.69 bits per heavy atom. The number of aliphatic hydroxyl groups excluding tert-OH is 1. The molecule has 0 bridgehead atoms. The van der Waals surface area contributed by atoms with Crippen LogP contribution in [0, 0.1) is 40.4 Å². The second-order valence-corrected chi connectivity index (χ2v) is 10.6. The summed E-state index contributed by atoms with van der Waals surface area (Å²) in [5, 5.41) is 10.4. The van der Waals surface area contributed by atoms with E-state index in [0.717, 1.165) is 36.5 Å². The molecule has 0 aliphatic heterocycles. The van der Waals surface area contributed by atoms with Gasteiger partial charge in [0.25, 0.3) is 0 Å². The van der Waals surface area contributed by atoms with Crippen LogP contribution < -0.4 is 0 Å². The second kappa shape index (κ2) is 6.50. The van der Waals surface area contributed by atoms with Gasteiger partial charge < -0.3 is 9.84 Å². The van der Waals surface area contributed by atoms with Crippen LogP contribution >= 0.6 is 0 Å². The fourth-order valence-electron chi connectivity index (χ4n) is 8.39. The van der Waals surface area contributed by atoms with Crippen molar-refractivity contribution < 1.29 is 14.6 Å². The van der Waals surface area contributed by atoms with E-state index in [1.807, 2.05) is 6.92 Å². The van der Waals surface area contributed by atoms with E-state index in [2.05, 4.69) is 13.8 Å². The molecule has 0 aromatic rings. The summed E-state index contributed by atoms with van der Waals surface area (Å²) in [4.78, 5) is 11.4. The van der Waals surface area contributed by atoms with Crippen molar-refractivity contribution >= 4 is 5.97 Å². The standard InChI is InChI=1S/C23H38O3/c1-14(24)19-7-8-20-18-6-5-16-13-17(26-15(2)25)9-11-22(16,3)21(18)10-12-23(19,20)4/h14,16-21,24H,5-13H2,1-4H3/t14?,16-,17?,18?,19?,20-,21-,22?,23?/m0/s1. The van der Waals surface area contributed by atoms with Crippen LogP contribution in [0.3, 0.4) is 0 Å². The Kier molecular flexibility index (Phi) is 4.69. The minimum absolute atomic E-state index is 0.115. The molecule has 6 unspecified atom stereocenters. The van der Waals surface area contributed by atoms with E-state index < -0.39 is 0 Å². The number of rotatable bonds is 2. The second-order valence-electron chi connectivity index (χ2n) is 10.6. The molecule has 3 nitrogen and oxygen atoms in total. The van der Waals surface area contributed by atoms with Gasteiger partial charge in [0.2, 0.25) is 0 Å². The normalized spacial score (nSPS) is 51.7. The molecule has 148 valence electrons. The third-order valence-electron chi connectivity index (χ3n) is 9.61. The summed E-state index contributed by atoms with van der Waals surface area (Å²) in [5.74, 6) is 3.61. The maximum absolute atomic E-state index is 11.4. The molecule has 0 aromatic heterocycles. The monoisotopic (exact) mass is 362 g/mol. The lowest BCUT2D eigenvalue weighted by molar-refractivity contribution is -0.161. The van der Waals surface area contributed by atoms with Crippen LogP contribution in [0.4, 0.5) is 0 Å². The Labute approximate surface area is 159 Å². The summed E-state index contributed by atoms with van der Waals surface area (Å²) in [6.45, 7) is 8.61. The highest BCUT2D eigenvalue weighted by atomic mass is 16.5. The largest absolute Gasteiger partial charge is 0.463 e. The lowest BCUT2D eigenvalue weighted by Gasteiger charge is -2.61. The van der Waals surface area contributed by atoms with Gasteiger partial charge in [-0.05, 0) is 105 Å². The highest BCUT2D eigenvalue weighted by Crippen LogP contribution is 2.67. The third kappa shape index (κ3) is 2.75. The number of fused-ring (bicyclic) bond motifs is 5. The van der Waals surface area contributed by atoms with Crippen molar-refractivity contribution in [3.05, 3.63) is 0 Å². The molecule has 3 heteroatoms. The van der Waals surface area contributed by atoms with Gasteiger partial charge in [-0.3, -0.25) is 4.79 Å². The molecular formula is C23H38O3. The smallest absolute Gasteiger partial charge is 0.302 e. The van der Waals surface area contributed by atoms with Gasteiger partial charge in [-0.25, -0.2) is 0 Å². The zero-order valence-electron chi connectivity index (χ0n) is 17.2. The maximum Gasteiger partial charge on any atom is 0.302 e. The average Bonchev–Trinajstić information content (AvgIpc) is 2.92. The number of ether oxygens (including phenoxy) is 1. The summed E-state index contributed by atoms with van der Waals surface area (Å²) in [5.41, 5.74) is 0.789. The predicted octanol–water partition coefficient (Wildman–Crippen LogP) is 4.96. The van der Waals surface area contributed by atoms with Gasteiger partial charge in [0.1, 0.15) is 6.10 Å². The Morgan fingerprint density at radius 1 is 1.00 bits per heavy atom. The van der Waals surface area contributed by atoms with Gasteiger partial charge in [-0.2, -0.15) is 0 Å². The summed E-state index contributed by atoms with van der Waals surface area (Å²) in [6, 6.07) is 0. The molecule has 4 aliphatic rings. The van der Waals surface area contributed by atoms with Gasteiger partial charge >= 0.3 is 5.97 Å². The lowest BCUT2D eigenvalue weighted by Crippen LogP contribution is -2.54. The Morgan fingerprint density at radius 3 is 2.38 bits per heavy atom. The van der Waals surface area contributed by atoms with E-state index in [-0.39, 0.29) is 18.2 Å². The van der Waals surface area contributed by atoms with Crippen LogP contribution in [0.5, 0.6) is 0 Å². The Hall–Kier alpha value is -0.570. The number of esters is 1. The molecule has 4 fully saturated rings. The van der Waals surface area contributed by atoms with Crippen LogP contribution in [-0.2, 0) is 9.53 Å². The Balaban J connectivity index is 1.53. The van der Waals surface area contributed by atoms with Crippen molar-refractivity contribution in [1.29, 1.82) is 0 Å². The molecule has 4 aliphatic carbocycles. The van der Waals surface area contributed by atoms with Crippen LogP contribution in [0.1, 0.15) is 85.5 Å². The molecule has 0 amide bonds. The topological polar surface area (TPSA) is 46.5 Å². The molecule has 4 rings (SSSR count). The van der Waals surface area contributed by atoms with Crippen molar-refractivity contribution in [1.82, 2.24) is 0 Å². The van der Waals surface area contributed by atoms with Crippen LogP contribution in [0.25, 0.3) is 0 Å². The van der Waals surface area contributed by atoms with Crippen molar-refractivity contribution in [3.8, 4) is 0 Å². The minimum Gasteiger partial charge on any atom is -0.463 e. The zero-order valence-corrected chi connectivity index (χ0v) is 17.2. The van der Waals surface area contributed by atoms with Crippen molar-refractivity contribution in [3.63, 3.8) is 0 Å². The first-order valence-corrected chi connectivity index (χ1v) is 11.1. The van der Waals surface area contributed by atoms with E-state index >= 15 is 0 Å². The number of aliphatic hydroxyl groups is 1. The fraction of sp³-hybridized carbons (Fsp3) is 0.957. The van der Waals surface area contributed by atoms with Crippen molar-refractivity contribution in [2.75, 3.05) is 0 Å². The zero-order chi connectivity index (χ0) is 18.7. The number of carbonyl (C=O) groups excluding carboxylic acids is 1. The fourth-order valence-corrected chi connectivity index (χ4v) is 8.39. The number of hydrogen-bond donors (Lipinski definition) is 1. The van der Waals surface area contributed by atoms with E-state index in [0.29, 0.717) is 16.7 Å². The quantitative estimate of drug-likeness (QED) is 0.706. The first-order valence-electron chi connectivity index (χ1n) is 11.1. The summed E-state index contributed by atoms with van der Waals surface area (Å²) >= 11 is 0. The Bertz CT molecular complexity index is 558. The maximum atomic E-state index is 11.4. The molecule has 0 radical (unpaired) electrons. The molecular weight excluding hydrogens is 324 g/mol. The SMILES string of the molecule is CC(=O)OC1CCC2(C)[C@@H](CCC3[C@@H]4CCC(C(C)O)C4(C)CC[C@@H]32)C1. The van der Waals surface area contributed by atoms with Crippen LogP contribution in [0.15, 0.2) is 0 Å². The molecule has 0 heterocycles. The predicted molar refractivity (Wildman–Crippen MR) is 102 cm³/mol. The molecule has 4 saturated carbocycles. The van der Waals surface area contributed by atoms with Gasteiger partial charge in [0, 0.05) is 6.92 Å². The molecule has 0 aromatic carbocycles. The van der Waals surface area contributed by atoms with E-state index in [9.17, 15) is 9.90 Å². The average molecular weight is 363 g/mol. The third-order valence-corrected chi connectivity index (χ3v) is 9.61. The lowest BCUT2D eigenvalue weighted by atomic mass is 9.44. The van der Waals surface area contributed by atoms with E-state index in [1.165, 1.54) is 44.9 Å². The summed E-state index contributed by atoms with van der Waals surface area (Å²) in [6.07, 6.45) is 11.2. The van der Waals surface area contributed by atoms with Gasteiger partial charge in [-0.1, -0.05) is 13.8 Å². The molecule has 9 atom stereocenters. The van der Waals surface area contributed by atoms with E-state index in [1.54, 1.807) is 6.92 Å². The first-order chi connectivity index (χ1) is 12.3. The van der Waals surface area contributed by atoms with Gasteiger partial charge in [-0.15, -0.1) is 0 Å².